The largest absolute Gasteiger partial charge is 0.310 e. The summed E-state index contributed by atoms with van der Waals surface area (Å²) in [6.07, 6.45) is 9.57. The van der Waals surface area contributed by atoms with Crippen LogP contribution in [0.3, 0.4) is 0 Å². The zero-order valence-electron chi connectivity index (χ0n) is 30.3. The molecule has 0 N–H and O–H groups in total. The Hall–Kier alpha value is -3.53. The van der Waals surface area contributed by atoms with Crippen LogP contribution in [0.25, 0.3) is 20.2 Å². The summed E-state index contributed by atoms with van der Waals surface area (Å²) >= 11 is 3.93. The zero-order valence-corrected chi connectivity index (χ0v) is 32.0. The molecular formula is C48H47NS2. The van der Waals surface area contributed by atoms with Gasteiger partial charge in [0.2, 0.25) is 0 Å². The first-order valence-electron chi connectivity index (χ1n) is 19.5. The Morgan fingerprint density at radius 1 is 0.510 bits per heavy atom. The van der Waals surface area contributed by atoms with Gasteiger partial charge in [-0.1, -0.05) is 88.0 Å². The van der Waals surface area contributed by atoms with Crippen LogP contribution in [-0.4, -0.2) is 0 Å². The van der Waals surface area contributed by atoms with Gasteiger partial charge in [-0.3, -0.25) is 0 Å². The maximum Gasteiger partial charge on any atom is 0.0473 e. The van der Waals surface area contributed by atoms with E-state index in [0.29, 0.717) is 0 Å². The molecular weight excluding hydrogens is 655 g/mol. The van der Waals surface area contributed by atoms with E-state index in [1.807, 2.05) is 23.1 Å². The van der Waals surface area contributed by atoms with Crippen LogP contribution in [0.4, 0.5) is 17.1 Å². The van der Waals surface area contributed by atoms with Crippen molar-refractivity contribution in [3.05, 3.63) is 125 Å². The van der Waals surface area contributed by atoms with Gasteiger partial charge < -0.3 is 4.90 Å². The summed E-state index contributed by atoms with van der Waals surface area (Å²) in [5.74, 6) is 3.41. The van der Waals surface area contributed by atoms with E-state index in [1.54, 1.807) is 11.1 Å². The standard InChI is InChI=1S/C48H47NS2/c1-46(2)19-20-47(3,4)41-27-34(13-16-38(41)46)49(33-15-18-43-37(26-33)36-9-5-7-11-42(36)50-43)35-14-17-40-45(28-35)51-44-12-8-6-10-39(44)48(40)31-22-29-21-30(24-31)25-32(48)23-29/h5-18,26-32H,19-25H2,1-4H3. The minimum absolute atomic E-state index is 0.140. The van der Waals surface area contributed by atoms with Crippen molar-refractivity contribution in [2.45, 2.75) is 98.7 Å². The molecule has 2 heterocycles. The molecule has 6 aliphatic rings. The molecule has 12 rings (SSSR count). The SMILES string of the molecule is CC1(C)CCC(C)(C)c2cc(N(c3ccc4c(c3)Sc3ccccc3C43C4CC5CC(C4)CC3C5)c3ccc4sc5ccccc5c4c3)ccc21. The monoisotopic (exact) mass is 701 g/mol. The molecule has 0 atom stereocenters. The van der Waals surface area contributed by atoms with Gasteiger partial charge in [0.05, 0.1) is 0 Å². The highest BCUT2D eigenvalue weighted by atomic mass is 32.2. The third-order valence-electron chi connectivity index (χ3n) is 14.4. The predicted molar refractivity (Wildman–Crippen MR) is 218 cm³/mol. The first-order chi connectivity index (χ1) is 24.7. The third-order valence-corrected chi connectivity index (χ3v) is 16.6. The van der Waals surface area contributed by atoms with Crippen molar-refractivity contribution in [1.82, 2.24) is 0 Å². The maximum atomic E-state index is 2.59. The van der Waals surface area contributed by atoms with Gasteiger partial charge in [-0.2, -0.15) is 0 Å². The lowest BCUT2D eigenvalue weighted by Crippen LogP contribution is -2.57. The second-order valence-electron chi connectivity index (χ2n) is 18.1. The molecule has 1 spiro atoms. The Balaban J connectivity index is 1.12. The molecule has 1 aliphatic heterocycles. The van der Waals surface area contributed by atoms with Gasteiger partial charge >= 0.3 is 0 Å². The van der Waals surface area contributed by atoms with Crippen molar-refractivity contribution in [3.63, 3.8) is 0 Å². The highest BCUT2D eigenvalue weighted by molar-refractivity contribution is 7.99. The van der Waals surface area contributed by atoms with Gasteiger partial charge in [-0.25, -0.2) is 0 Å². The first-order valence-corrected chi connectivity index (χ1v) is 21.1. The van der Waals surface area contributed by atoms with Crippen LogP contribution in [0, 0.1) is 23.7 Å². The summed E-state index contributed by atoms with van der Waals surface area (Å²) in [5, 5.41) is 2.71. The number of anilines is 3. The third kappa shape index (κ3) is 4.40. The first kappa shape index (κ1) is 31.0. The molecule has 5 aliphatic carbocycles. The van der Waals surface area contributed by atoms with E-state index in [4.69, 9.17) is 0 Å². The van der Waals surface area contributed by atoms with Gasteiger partial charge in [0.15, 0.2) is 0 Å². The van der Waals surface area contributed by atoms with Crippen molar-refractivity contribution < 1.29 is 0 Å². The fourth-order valence-electron chi connectivity index (χ4n) is 12.1. The number of hydrogen-bond acceptors (Lipinski definition) is 3. The van der Waals surface area contributed by atoms with Crippen LogP contribution in [-0.2, 0) is 16.2 Å². The smallest absolute Gasteiger partial charge is 0.0473 e. The molecule has 1 aromatic heterocycles. The van der Waals surface area contributed by atoms with Crippen molar-refractivity contribution in [1.29, 1.82) is 0 Å². The molecule has 4 bridgehead atoms. The molecule has 0 amide bonds. The van der Waals surface area contributed by atoms with Crippen LogP contribution in [0.1, 0.15) is 94.9 Å². The van der Waals surface area contributed by atoms with Crippen LogP contribution < -0.4 is 4.90 Å². The molecule has 3 heteroatoms. The highest BCUT2D eigenvalue weighted by Crippen LogP contribution is 2.69. The molecule has 4 saturated carbocycles. The van der Waals surface area contributed by atoms with Crippen LogP contribution in [0.5, 0.6) is 0 Å². The van der Waals surface area contributed by atoms with Gasteiger partial charge in [-0.15, -0.1) is 11.3 Å². The summed E-state index contributed by atoms with van der Waals surface area (Å²) in [7, 11) is 0. The number of fused-ring (bicyclic) bond motifs is 6. The number of hydrogen-bond donors (Lipinski definition) is 0. The van der Waals surface area contributed by atoms with Crippen LogP contribution in [0.2, 0.25) is 0 Å². The average molecular weight is 702 g/mol. The minimum Gasteiger partial charge on any atom is -0.310 e. The number of nitrogens with zero attached hydrogens (tertiary/aromatic N) is 1. The van der Waals surface area contributed by atoms with Crippen LogP contribution in [0.15, 0.2) is 113 Å². The topological polar surface area (TPSA) is 3.24 Å². The molecule has 51 heavy (non-hydrogen) atoms. The van der Waals surface area contributed by atoms with Crippen molar-refractivity contribution in [3.8, 4) is 0 Å². The van der Waals surface area contributed by atoms with Gasteiger partial charge in [0.25, 0.3) is 0 Å². The maximum absolute atomic E-state index is 2.59. The van der Waals surface area contributed by atoms with Gasteiger partial charge in [0, 0.05) is 52.4 Å². The molecule has 0 unspecified atom stereocenters. The van der Waals surface area contributed by atoms with E-state index < -0.39 is 0 Å². The molecule has 1 nitrogen and oxygen atoms in total. The quantitative estimate of drug-likeness (QED) is 0.181. The van der Waals surface area contributed by atoms with Gasteiger partial charge in [0.1, 0.15) is 0 Å². The van der Waals surface area contributed by atoms with E-state index in [1.165, 1.54) is 103 Å². The zero-order chi connectivity index (χ0) is 34.3. The van der Waals surface area contributed by atoms with Crippen molar-refractivity contribution in [2.24, 2.45) is 23.7 Å². The Bertz CT molecular complexity index is 2360. The summed E-state index contributed by atoms with van der Waals surface area (Å²) < 4.78 is 2.72. The fourth-order valence-corrected chi connectivity index (χ4v) is 14.4. The highest BCUT2D eigenvalue weighted by Gasteiger charge is 2.60. The molecule has 6 aromatic rings. The molecule has 5 aromatic carbocycles. The van der Waals surface area contributed by atoms with E-state index in [9.17, 15) is 0 Å². The summed E-state index contributed by atoms with van der Waals surface area (Å²) in [6, 6.07) is 40.7. The average Bonchev–Trinajstić information content (AvgIpc) is 3.50. The lowest BCUT2D eigenvalue weighted by Gasteiger charge is -2.63. The number of benzene rings is 5. The molecule has 0 saturated heterocycles. The van der Waals surface area contributed by atoms with E-state index >= 15 is 0 Å². The molecule has 4 fully saturated rings. The minimum atomic E-state index is 0.140. The van der Waals surface area contributed by atoms with E-state index in [0.717, 1.165) is 23.7 Å². The fraction of sp³-hybridized carbons (Fsp3) is 0.375. The second-order valence-corrected chi connectivity index (χ2v) is 20.2. The Kier molecular flexibility index (Phi) is 6.55. The van der Waals surface area contributed by atoms with E-state index in [2.05, 4.69) is 136 Å². The summed E-state index contributed by atoms with van der Waals surface area (Å²) in [5.41, 5.74) is 10.5. The summed E-state index contributed by atoms with van der Waals surface area (Å²) in [4.78, 5) is 5.55. The normalized spacial score (nSPS) is 27.8. The second kappa shape index (κ2) is 10.8. The molecule has 0 radical (unpaired) electrons. The number of rotatable bonds is 3. The number of thiophene rings is 1. The predicted octanol–water partition coefficient (Wildman–Crippen LogP) is 14.1. The Labute approximate surface area is 311 Å². The van der Waals surface area contributed by atoms with E-state index in [-0.39, 0.29) is 16.2 Å². The molecule has 256 valence electrons. The lowest BCUT2D eigenvalue weighted by molar-refractivity contribution is -0.0443. The van der Waals surface area contributed by atoms with Crippen LogP contribution >= 0.6 is 23.1 Å². The van der Waals surface area contributed by atoms with Crippen molar-refractivity contribution >= 4 is 60.3 Å². The summed E-state index contributed by atoms with van der Waals surface area (Å²) in [6.45, 7) is 9.78. The Morgan fingerprint density at radius 2 is 1.10 bits per heavy atom. The van der Waals surface area contributed by atoms with Crippen molar-refractivity contribution in [2.75, 3.05) is 4.90 Å². The Morgan fingerprint density at radius 3 is 1.88 bits per heavy atom. The van der Waals surface area contributed by atoms with Gasteiger partial charge in [-0.05, 0) is 156 Å². The lowest BCUT2D eigenvalue weighted by atomic mass is 9.42.